The number of anilines is 1. The van der Waals surface area contributed by atoms with Crippen LogP contribution < -0.4 is 10.0 Å². The van der Waals surface area contributed by atoms with Crippen molar-refractivity contribution >= 4 is 44.8 Å². The zero-order valence-corrected chi connectivity index (χ0v) is 11.9. The SMILES string of the molecule is CCS(=O)(=O)NCC(=O)Nc1cc(Cl)cc(Cl)c1. The highest BCUT2D eigenvalue weighted by Crippen LogP contribution is 2.22. The fourth-order valence-corrected chi connectivity index (χ4v) is 2.19. The number of amides is 1. The Labute approximate surface area is 116 Å². The van der Waals surface area contributed by atoms with Gasteiger partial charge in [-0.05, 0) is 25.1 Å². The van der Waals surface area contributed by atoms with Gasteiger partial charge >= 0.3 is 0 Å². The average molecular weight is 311 g/mol. The largest absolute Gasteiger partial charge is 0.325 e. The predicted molar refractivity (Wildman–Crippen MR) is 72.6 cm³/mol. The van der Waals surface area contributed by atoms with Crippen molar-refractivity contribution in [2.75, 3.05) is 17.6 Å². The molecule has 5 nitrogen and oxygen atoms in total. The highest BCUT2D eigenvalue weighted by atomic mass is 35.5. The molecule has 1 rings (SSSR count). The number of hydrogen-bond donors (Lipinski definition) is 2. The van der Waals surface area contributed by atoms with Gasteiger partial charge < -0.3 is 5.32 Å². The van der Waals surface area contributed by atoms with Crippen LogP contribution in [-0.2, 0) is 14.8 Å². The minimum Gasteiger partial charge on any atom is -0.325 e. The molecule has 2 N–H and O–H groups in total. The van der Waals surface area contributed by atoms with Gasteiger partial charge in [-0.3, -0.25) is 4.79 Å². The van der Waals surface area contributed by atoms with E-state index in [1.807, 2.05) is 0 Å². The molecule has 1 amide bonds. The Kier molecular flexibility index (Phi) is 5.40. The van der Waals surface area contributed by atoms with Crippen molar-refractivity contribution in [1.82, 2.24) is 4.72 Å². The lowest BCUT2D eigenvalue weighted by Gasteiger charge is -2.07. The minimum atomic E-state index is -3.39. The van der Waals surface area contributed by atoms with Crippen molar-refractivity contribution in [2.24, 2.45) is 0 Å². The highest BCUT2D eigenvalue weighted by molar-refractivity contribution is 7.89. The maximum absolute atomic E-state index is 11.5. The summed E-state index contributed by atoms with van der Waals surface area (Å²) in [5, 5.41) is 3.25. The Morgan fingerprint density at radius 1 is 1.22 bits per heavy atom. The molecular formula is C10H12Cl2N2O3S. The number of benzene rings is 1. The quantitative estimate of drug-likeness (QED) is 0.871. The summed E-state index contributed by atoms with van der Waals surface area (Å²) in [6.45, 7) is 1.15. The molecule has 0 radical (unpaired) electrons. The minimum absolute atomic E-state index is 0.0801. The lowest BCUT2D eigenvalue weighted by atomic mass is 10.3. The van der Waals surface area contributed by atoms with Crippen molar-refractivity contribution in [3.63, 3.8) is 0 Å². The number of hydrogen-bond acceptors (Lipinski definition) is 3. The Morgan fingerprint density at radius 3 is 2.28 bits per heavy atom. The third-order valence-electron chi connectivity index (χ3n) is 1.98. The third-order valence-corrected chi connectivity index (χ3v) is 3.76. The van der Waals surface area contributed by atoms with Crippen LogP contribution in [0.15, 0.2) is 18.2 Å². The smallest absolute Gasteiger partial charge is 0.239 e. The molecule has 8 heteroatoms. The summed E-state index contributed by atoms with van der Waals surface area (Å²) in [6, 6.07) is 4.55. The van der Waals surface area contributed by atoms with Gasteiger partial charge in [0.25, 0.3) is 0 Å². The first-order chi connectivity index (χ1) is 8.32. The van der Waals surface area contributed by atoms with Gasteiger partial charge in [-0.15, -0.1) is 0 Å². The summed E-state index contributed by atoms with van der Waals surface area (Å²) in [5.74, 6) is -0.575. The molecule has 1 aromatic rings. The molecule has 100 valence electrons. The van der Waals surface area contributed by atoms with Crippen molar-refractivity contribution < 1.29 is 13.2 Å². The molecule has 0 heterocycles. The van der Waals surface area contributed by atoms with Crippen molar-refractivity contribution in [2.45, 2.75) is 6.92 Å². The molecular weight excluding hydrogens is 299 g/mol. The summed E-state index contributed by atoms with van der Waals surface area (Å²) >= 11 is 11.5. The van der Waals surface area contributed by atoms with E-state index in [1.165, 1.54) is 25.1 Å². The van der Waals surface area contributed by atoms with Crippen LogP contribution >= 0.6 is 23.2 Å². The molecule has 1 aromatic carbocycles. The van der Waals surface area contributed by atoms with E-state index in [-0.39, 0.29) is 12.3 Å². The van der Waals surface area contributed by atoms with Gasteiger partial charge in [0.2, 0.25) is 15.9 Å². The van der Waals surface area contributed by atoms with E-state index in [4.69, 9.17) is 23.2 Å². The zero-order valence-electron chi connectivity index (χ0n) is 9.54. The molecule has 0 saturated carbocycles. The molecule has 18 heavy (non-hydrogen) atoms. The van der Waals surface area contributed by atoms with Crippen LogP contribution in [0.4, 0.5) is 5.69 Å². The van der Waals surface area contributed by atoms with Crippen molar-refractivity contribution in [3.8, 4) is 0 Å². The summed E-state index contributed by atoms with van der Waals surface area (Å²) in [6.07, 6.45) is 0. The maximum atomic E-state index is 11.5. The molecule has 0 atom stereocenters. The number of carbonyl (C=O) groups excluding carboxylic acids is 1. The second-order valence-corrected chi connectivity index (χ2v) is 6.40. The Hall–Kier alpha value is -0.820. The van der Waals surface area contributed by atoms with Crippen LogP contribution in [0.25, 0.3) is 0 Å². The van der Waals surface area contributed by atoms with Gasteiger partial charge in [0.05, 0.1) is 12.3 Å². The molecule has 0 aliphatic rings. The van der Waals surface area contributed by atoms with Gasteiger partial charge in [0.1, 0.15) is 0 Å². The van der Waals surface area contributed by atoms with Crippen LogP contribution in [0.5, 0.6) is 0 Å². The van der Waals surface area contributed by atoms with E-state index in [2.05, 4.69) is 10.0 Å². The fourth-order valence-electron chi connectivity index (χ4n) is 1.11. The molecule has 0 fully saturated rings. The lowest BCUT2D eigenvalue weighted by molar-refractivity contribution is -0.115. The zero-order chi connectivity index (χ0) is 13.8. The molecule has 0 saturated heterocycles. The van der Waals surface area contributed by atoms with E-state index in [1.54, 1.807) is 0 Å². The third kappa shape index (κ3) is 5.22. The first kappa shape index (κ1) is 15.2. The number of sulfonamides is 1. The van der Waals surface area contributed by atoms with Gasteiger partial charge in [0, 0.05) is 15.7 Å². The van der Waals surface area contributed by atoms with E-state index in [0.29, 0.717) is 15.7 Å². The van der Waals surface area contributed by atoms with Crippen LogP contribution in [0, 0.1) is 0 Å². The Balaban J connectivity index is 2.60. The van der Waals surface area contributed by atoms with Gasteiger partial charge in [-0.2, -0.15) is 0 Å². The molecule has 0 aliphatic heterocycles. The topological polar surface area (TPSA) is 75.3 Å². The monoisotopic (exact) mass is 310 g/mol. The maximum Gasteiger partial charge on any atom is 0.239 e. The molecule has 0 aromatic heterocycles. The molecule has 0 spiro atoms. The van der Waals surface area contributed by atoms with Crippen LogP contribution in [0.3, 0.4) is 0 Å². The van der Waals surface area contributed by atoms with E-state index >= 15 is 0 Å². The first-order valence-corrected chi connectivity index (χ1v) is 7.46. The normalized spacial score (nSPS) is 11.3. The summed E-state index contributed by atoms with van der Waals surface area (Å²) in [4.78, 5) is 11.5. The Morgan fingerprint density at radius 2 is 1.78 bits per heavy atom. The highest BCUT2D eigenvalue weighted by Gasteiger charge is 2.10. The standard InChI is InChI=1S/C10H12Cl2N2O3S/c1-2-18(16,17)13-6-10(15)14-9-4-7(11)3-8(12)5-9/h3-5,13H,2,6H2,1H3,(H,14,15). The van der Waals surface area contributed by atoms with E-state index < -0.39 is 15.9 Å². The van der Waals surface area contributed by atoms with E-state index in [9.17, 15) is 13.2 Å². The average Bonchev–Trinajstić information content (AvgIpc) is 2.25. The summed E-state index contributed by atoms with van der Waals surface area (Å²) in [7, 11) is -3.39. The lowest BCUT2D eigenvalue weighted by Crippen LogP contribution is -2.33. The Bertz CT molecular complexity index is 526. The number of nitrogens with one attached hydrogen (secondary N) is 2. The molecule has 0 bridgehead atoms. The van der Waals surface area contributed by atoms with E-state index in [0.717, 1.165) is 0 Å². The fraction of sp³-hybridized carbons (Fsp3) is 0.300. The second-order valence-electron chi connectivity index (χ2n) is 3.43. The predicted octanol–water partition coefficient (Wildman–Crippen LogP) is 1.87. The van der Waals surface area contributed by atoms with Crippen LogP contribution in [-0.4, -0.2) is 26.6 Å². The van der Waals surface area contributed by atoms with Crippen LogP contribution in [0.2, 0.25) is 10.0 Å². The number of halogens is 2. The second kappa shape index (κ2) is 6.38. The van der Waals surface area contributed by atoms with Gasteiger partial charge in [-0.1, -0.05) is 23.2 Å². The number of carbonyl (C=O) groups is 1. The van der Waals surface area contributed by atoms with Gasteiger partial charge in [0.15, 0.2) is 0 Å². The molecule has 0 aliphatic carbocycles. The first-order valence-electron chi connectivity index (χ1n) is 5.05. The summed E-state index contributed by atoms with van der Waals surface area (Å²) in [5.41, 5.74) is 0.410. The van der Waals surface area contributed by atoms with Crippen molar-refractivity contribution in [3.05, 3.63) is 28.2 Å². The van der Waals surface area contributed by atoms with Gasteiger partial charge in [-0.25, -0.2) is 13.1 Å². The van der Waals surface area contributed by atoms with Crippen molar-refractivity contribution in [1.29, 1.82) is 0 Å². The molecule has 0 unspecified atom stereocenters. The number of rotatable bonds is 5. The summed E-state index contributed by atoms with van der Waals surface area (Å²) < 4.78 is 24.4. The van der Waals surface area contributed by atoms with Crippen LogP contribution in [0.1, 0.15) is 6.92 Å².